The van der Waals surface area contributed by atoms with Gasteiger partial charge in [0.15, 0.2) is 0 Å². The van der Waals surface area contributed by atoms with Crippen LogP contribution in [0.25, 0.3) is 6.08 Å². The molecule has 6 heteroatoms. The van der Waals surface area contributed by atoms with Crippen LogP contribution in [-0.2, 0) is 9.59 Å². The molecule has 2 rings (SSSR count). The Morgan fingerprint density at radius 3 is 2.61 bits per heavy atom. The normalized spacial score (nSPS) is 12.6. The van der Waals surface area contributed by atoms with E-state index in [4.69, 9.17) is 0 Å². The van der Waals surface area contributed by atoms with Gasteiger partial charge in [-0.05, 0) is 43.5 Å². The lowest BCUT2D eigenvalue weighted by atomic mass is 10.2. The molecule has 1 aromatic carbocycles. The molecular formula is C17H17FN2O2S. The van der Waals surface area contributed by atoms with Crippen molar-refractivity contribution in [1.82, 2.24) is 5.32 Å². The summed E-state index contributed by atoms with van der Waals surface area (Å²) in [7, 11) is 0. The lowest BCUT2D eigenvalue weighted by Crippen LogP contribution is -2.42. The van der Waals surface area contributed by atoms with Crippen LogP contribution in [0.2, 0.25) is 0 Å². The van der Waals surface area contributed by atoms with Crippen molar-refractivity contribution in [3.8, 4) is 0 Å². The summed E-state index contributed by atoms with van der Waals surface area (Å²) in [5.41, 5.74) is 0.586. The predicted octanol–water partition coefficient (Wildman–Crippen LogP) is 3.43. The second kappa shape index (κ2) is 7.69. The van der Waals surface area contributed by atoms with Gasteiger partial charge in [0.05, 0.1) is 5.69 Å². The van der Waals surface area contributed by atoms with Crippen LogP contribution in [0.1, 0.15) is 18.7 Å². The van der Waals surface area contributed by atoms with E-state index in [1.165, 1.54) is 29.5 Å². The van der Waals surface area contributed by atoms with E-state index in [1.807, 2.05) is 17.5 Å². The standard InChI is InChI=1S/C17H17FN2O2S/c1-11(10-13-6-5-9-23-13)16(21)19-12(2)17(22)20-15-8-4-3-7-14(15)18/h3-10,12H,1-2H3,(H,19,21)(H,20,22)/b11-10+. The topological polar surface area (TPSA) is 58.2 Å². The first-order valence-corrected chi connectivity index (χ1v) is 7.93. The summed E-state index contributed by atoms with van der Waals surface area (Å²) in [5, 5.41) is 6.97. The Bertz CT molecular complexity index is 726. The highest BCUT2D eigenvalue weighted by Crippen LogP contribution is 2.14. The fraction of sp³-hybridized carbons (Fsp3) is 0.176. The molecule has 4 nitrogen and oxygen atoms in total. The van der Waals surface area contributed by atoms with Crippen LogP contribution < -0.4 is 10.6 Å². The molecule has 0 spiro atoms. The largest absolute Gasteiger partial charge is 0.341 e. The predicted molar refractivity (Wildman–Crippen MR) is 90.6 cm³/mol. The Morgan fingerprint density at radius 1 is 1.22 bits per heavy atom. The Balaban J connectivity index is 1.95. The van der Waals surface area contributed by atoms with E-state index < -0.39 is 17.8 Å². The van der Waals surface area contributed by atoms with E-state index in [1.54, 1.807) is 26.0 Å². The molecule has 1 unspecified atom stereocenters. The summed E-state index contributed by atoms with van der Waals surface area (Å²) >= 11 is 1.52. The van der Waals surface area contributed by atoms with Gasteiger partial charge >= 0.3 is 0 Å². The van der Waals surface area contributed by atoms with Crippen LogP contribution in [0.4, 0.5) is 10.1 Å². The average Bonchev–Trinajstić information content (AvgIpc) is 3.02. The number of rotatable bonds is 5. The maximum Gasteiger partial charge on any atom is 0.247 e. The zero-order valence-corrected chi connectivity index (χ0v) is 13.6. The van der Waals surface area contributed by atoms with Gasteiger partial charge in [0.25, 0.3) is 0 Å². The minimum Gasteiger partial charge on any atom is -0.341 e. The van der Waals surface area contributed by atoms with Gasteiger partial charge in [-0.15, -0.1) is 11.3 Å². The fourth-order valence-corrected chi connectivity index (χ4v) is 2.55. The van der Waals surface area contributed by atoms with Gasteiger partial charge in [-0.3, -0.25) is 9.59 Å². The number of benzene rings is 1. The van der Waals surface area contributed by atoms with Crippen LogP contribution in [-0.4, -0.2) is 17.9 Å². The van der Waals surface area contributed by atoms with Gasteiger partial charge < -0.3 is 10.6 Å². The summed E-state index contributed by atoms with van der Waals surface area (Å²) in [6.45, 7) is 3.23. The van der Waals surface area contributed by atoms with Crippen LogP contribution in [0.3, 0.4) is 0 Å². The lowest BCUT2D eigenvalue weighted by molar-refractivity contribution is -0.123. The third-order valence-electron chi connectivity index (χ3n) is 3.13. The van der Waals surface area contributed by atoms with Gasteiger partial charge in [0, 0.05) is 10.5 Å². The minimum atomic E-state index is -0.784. The number of carbonyl (C=O) groups excluding carboxylic acids is 2. The molecule has 2 amide bonds. The number of hydrogen-bond acceptors (Lipinski definition) is 3. The molecule has 0 radical (unpaired) electrons. The molecule has 0 aliphatic carbocycles. The molecule has 0 aliphatic rings. The number of para-hydroxylation sites is 1. The zero-order chi connectivity index (χ0) is 16.8. The molecule has 0 saturated heterocycles. The number of hydrogen-bond donors (Lipinski definition) is 2. The second-order valence-corrected chi connectivity index (χ2v) is 5.99. The van der Waals surface area contributed by atoms with Crippen molar-refractivity contribution in [1.29, 1.82) is 0 Å². The molecule has 1 aromatic heterocycles. The van der Waals surface area contributed by atoms with E-state index in [9.17, 15) is 14.0 Å². The Kier molecular flexibility index (Phi) is 5.65. The molecule has 2 aromatic rings. The van der Waals surface area contributed by atoms with Gasteiger partial charge in [0.1, 0.15) is 11.9 Å². The molecule has 0 fully saturated rings. The Hall–Kier alpha value is -2.47. The van der Waals surface area contributed by atoms with Crippen molar-refractivity contribution >= 4 is 34.9 Å². The second-order valence-electron chi connectivity index (χ2n) is 5.01. The molecule has 1 heterocycles. The number of thiophene rings is 1. The van der Waals surface area contributed by atoms with Gasteiger partial charge in [-0.2, -0.15) is 0 Å². The fourth-order valence-electron chi connectivity index (χ4n) is 1.83. The molecule has 2 N–H and O–H groups in total. The highest BCUT2D eigenvalue weighted by atomic mass is 32.1. The van der Waals surface area contributed by atoms with Crippen molar-refractivity contribution in [2.45, 2.75) is 19.9 Å². The number of nitrogens with one attached hydrogen (secondary N) is 2. The Morgan fingerprint density at radius 2 is 1.96 bits per heavy atom. The Labute approximate surface area is 138 Å². The van der Waals surface area contributed by atoms with Gasteiger partial charge in [0.2, 0.25) is 11.8 Å². The average molecular weight is 332 g/mol. The summed E-state index contributed by atoms with van der Waals surface area (Å²) in [6.07, 6.45) is 1.75. The summed E-state index contributed by atoms with van der Waals surface area (Å²) in [5.74, 6) is -1.34. The van der Waals surface area contributed by atoms with Crippen LogP contribution in [0.15, 0.2) is 47.4 Å². The number of carbonyl (C=O) groups is 2. The van der Waals surface area contributed by atoms with Crippen molar-refractivity contribution in [3.63, 3.8) is 0 Å². The summed E-state index contributed by atoms with van der Waals surface area (Å²) in [6, 6.07) is 8.89. The van der Waals surface area contributed by atoms with Gasteiger partial charge in [-0.25, -0.2) is 4.39 Å². The first-order chi connectivity index (χ1) is 11.0. The number of halogens is 1. The number of amides is 2. The van der Waals surface area contributed by atoms with Crippen molar-refractivity contribution < 1.29 is 14.0 Å². The number of anilines is 1. The third-order valence-corrected chi connectivity index (χ3v) is 3.95. The van der Waals surface area contributed by atoms with E-state index in [-0.39, 0.29) is 11.6 Å². The van der Waals surface area contributed by atoms with E-state index in [2.05, 4.69) is 10.6 Å². The highest BCUT2D eigenvalue weighted by Gasteiger charge is 2.17. The SMILES string of the molecule is C/C(=C\c1cccs1)C(=O)NC(C)C(=O)Nc1ccccc1F. The highest BCUT2D eigenvalue weighted by molar-refractivity contribution is 7.10. The van der Waals surface area contributed by atoms with Crippen LogP contribution in [0, 0.1) is 5.82 Å². The summed E-state index contributed by atoms with van der Waals surface area (Å²) in [4.78, 5) is 25.1. The molecule has 23 heavy (non-hydrogen) atoms. The monoisotopic (exact) mass is 332 g/mol. The van der Waals surface area contributed by atoms with E-state index in [0.717, 1.165) is 4.88 Å². The van der Waals surface area contributed by atoms with Gasteiger partial charge in [-0.1, -0.05) is 18.2 Å². The van der Waals surface area contributed by atoms with Crippen LogP contribution in [0.5, 0.6) is 0 Å². The molecule has 120 valence electrons. The summed E-state index contributed by atoms with van der Waals surface area (Å²) < 4.78 is 13.5. The van der Waals surface area contributed by atoms with Crippen molar-refractivity contribution in [3.05, 3.63) is 58.0 Å². The van der Waals surface area contributed by atoms with Crippen molar-refractivity contribution in [2.75, 3.05) is 5.32 Å². The molecule has 0 aliphatic heterocycles. The minimum absolute atomic E-state index is 0.0875. The zero-order valence-electron chi connectivity index (χ0n) is 12.8. The third kappa shape index (κ3) is 4.75. The van der Waals surface area contributed by atoms with E-state index in [0.29, 0.717) is 5.57 Å². The van der Waals surface area contributed by atoms with E-state index >= 15 is 0 Å². The van der Waals surface area contributed by atoms with Crippen LogP contribution >= 0.6 is 11.3 Å². The molecule has 0 bridgehead atoms. The quantitative estimate of drug-likeness (QED) is 0.824. The molecule has 0 saturated carbocycles. The maximum atomic E-state index is 13.5. The first-order valence-electron chi connectivity index (χ1n) is 7.05. The smallest absolute Gasteiger partial charge is 0.247 e. The maximum absolute atomic E-state index is 13.5. The first kappa shape index (κ1) is 16.9. The lowest BCUT2D eigenvalue weighted by Gasteiger charge is -2.14. The molecule has 1 atom stereocenters. The molecular weight excluding hydrogens is 315 g/mol. The van der Waals surface area contributed by atoms with Crippen molar-refractivity contribution in [2.24, 2.45) is 0 Å².